The van der Waals surface area contributed by atoms with Crippen LogP contribution in [0.3, 0.4) is 0 Å². The third-order valence-electron chi connectivity index (χ3n) is 2.01. The van der Waals surface area contributed by atoms with Gasteiger partial charge in [0.1, 0.15) is 12.1 Å². The summed E-state index contributed by atoms with van der Waals surface area (Å²) in [5.41, 5.74) is 6.07. The maximum absolute atomic E-state index is 10.5. The molecular formula is C10H10N2O3. The van der Waals surface area contributed by atoms with E-state index in [0.717, 1.165) is 0 Å². The predicted octanol–water partition coefficient (Wildman–Crippen LogP) is 0.00358. The van der Waals surface area contributed by atoms with Crippen molar-refractivity contribution in [1.29, 1.82) is 5.26 Å². The van der Waals surface area contributed by atoms with Gasteiger partial charge in [-0.1, -0.05) is 12.1 Å². The van der Waals surface area contributed by atoms with Crippen molar-refractivity contribution >= 4 is 5.97 Å². The first-order valence-corrected chi connectivity index (χ1v) is 4.22. The van der Waals surface area contributed by atoms with Crippen LogP contribution in [0.4, 0.5) is 0 Å². The lowest BCUT2D eigenvalue weighted by Gasteiger charge is -2.14. The molecule has 0 spiro atoms. The number of nitrogens with two attached hydrogens (primary N) is 1. The van der Waals surface area contributed by atoms with Gasteiger partial charge in [0.25, 0.3) is 0 Å². The van der Waals surface area contributed by atoms with E-state index in [1.807, 2.05) is 6.07 Å². The molecule has 0 saturated heterocycles. The first kappa shape index (κ1) is 11.2. The summed E-state index contributed by atoms with van der Waals surface area (Å²) in [5, 5.41) is 26.6. The zero-order chi connectivity index (χ0) is 11.4. The Bertz CT molecular complexity index is 394. The van der Waals surface area contributed by atoms with Gasteiger partial charge in [0.05, 0.1) is 11.6 Å². The summed E-state index contributed by atoms with van der Waals surface area (Å²) in [6, 6.07) is 6.50. The van der Waals surface area contributed by atoms with Gasteiger partial charge >= 0.3 is 5.97 Å². The van der Waals surface area contributed by atoms with E-state index in [1.54, 1.807) is 0 Å². The lowest BCUT2D eigenvalue weighted by Crippen LogP contribution is -2.36. The molecule has 5 heteroatoms. The fourth-order valence-corrected chi connectivity index (χ4v) is 1.10. The van der Waals surface area contributed by atoms with Crippen molar-refractivity contribution in [2.75, 3.05) is 0 Å². The second-order valence-corrected chi connectivity index (χ2v) is 3.04. The minimum atomic E-state index is -1.36. The molecule has 4 N–H and O–H groups in total. The Morgan fingerprint density at radius 1 is 1.40 bits per heavy atom. The molecule has 0 fully saturated rings. The molecule has 1 rings (SSSR count). The molecule has 0 aromatic heterocycles. The Labute approximate surface area is 86.4 Å². The highest BCUT2D eigenvalue weighted by Gasteiger charge is 2.23. The van der Waals surface area contributed by atoms with E-state index in [4.69, 9.17) is 16.1 Å². The minimum absolute atomic E-state index is 0.379. The number of hydrogen-bond acceptors (Lipinski definition) is 4. The van der Waals surface area contributed by atoms with E-state index in [9.17, 15) is 9.90 Å². The molecule has 0 heterocycles. The van der Waals surface area contributed by atoms with Gasteiger partial charge in [-0.2, -0.15) is 5.26 Å². The molecule has 0 saturated carbocycles. The van der Waals surface area contributed by atoms with Crippen LogP contribution in [-0.4, -0.2) is 22.2 Å². The van der Waals surface area contributed by atoms with Crippen molar-refractivity contribution in [2.24, 2.45) is 5.73 Å². The van der Waals surface area contributed by atoms with Crippen LogP contribution in [0.25, 0.3) is 0 Å². The molecule has 2 unspecified atom stereocenters. The van der Waals surface area contributed by atoms with E-state index < -0.39 is 18.1 Å². The van der Waals surface area contributed by atoms with Crippen molar-refractivity contribution in [2.45, 2.75) is 12.1 Å². The third-order valence-corrected chi connectivity index (χ3v) is 2.01. The number of aliphatic hydroxyl groups is 1. The van der Waals surface area contributed by atoms with Crippen LogP contribution in [0.1, 0.15) is 17.2 Å². The number of carboxylic acids is 1. The monoisotopic (exact) mass is 206 g/mol. The molecule has 0 aliphatic carbocycles. The van der Waals surface area contributed by atoms with Gasteiger partial charge in [-0.25, -0.2) is 0 Å². The Morgan fingerprint density at radius 3 is 2.33 bits per heavy atom. The smallest absolute Gasteiger partial charge is 0.323 e. The van der Waals surface area contributed by atoms with E-state index in [0.29, 0.717) is 11.1 Å². The number of benzene rings is 1. The normalized spacial score (nSPS) is 13.9. The van der Waals surface area contributed by atoms with Gasteiger partial charge in [-0.15, -0.1) is 0 Å². The molecule has 78 valence electrons. The van der Waals surface area contributed by atoms with Crippen molar-refractivity contribution in [3.63, 3.8) is 0 Å². The summed E-state index contributed by atoms with van der Waals surface area (Å²) < 4.78 is 0. The number of hydrogen-bond donors (Lipinski definition) is 3. The van der Waals surface area contributed by atoms with Crippen LogP contribution in [0.5, 0.6) is 0 Å². The molecular weight excluding hydrogens is 196 g/mol. The molecule has 0 amide bonds. The van der Waals surface area contributed by atoms with Gasteiger partial charge in [0, 0.05) is 0 Å². The van der Waals surface area contributed by atoms with Crippen LogP contribution in [0.15, 0.2) is 24.3 Å². The number of aliphatic carboxylic acids is 1. The van der Waals surface area contributed by atoms with E-state index >= 15 is 0 Å². The lowest BCUT2D eigenvalue weighted by atomic mass is 10.0. The lowest BCUT2D eigenvalue weighted by molar-refractivity contribution is -0.141. The summed E-state index contributed by atoms with van der Waals surface area (Å²) in [6.45, 7) is 0. The molecule has 0 bridgehead atoms. The molecule has 0 aliphatic heterocycles. The SMILES string of the molecule is N#Cc1ccc(C(O)C(N)C(=O)O)cc1. The largest absolute Gasteiger partial charge is 0.480 e. The number of aliphatic hydroxyl groups excluding tert-OH is 1. The number of rotatable bonds is 3. The Morgan fingerprint density at radius 2 is 1.93 bits per heavy atom. The molecule has 1 aromatic carbocycles. The molecule has 0 aliphatic rings. The Balaban J connectivity index is 2.88. The van der Waals surface area contributed by atoms with Gasteiger partial charge in [-0.3, -0.25) is 4.79 Å². The standard InChI is InChI=1S/C10H10N2O3/c11-5-6-1-3-7(4-2-6)9(13)8(12)10(14)15/h1-4,8-9,13H,12H2,(H,14,15). The number of carbonyl (C=O) groups is 1. The highest BCUT2D eigenvalue weighted by Crippen LogP contribution is 2.16. The van der Waals surface area contributed by atoms with Crippen molar-refractivity contribution < 1.29 is 15.0 Å². The molecule has 5 nitrogen and oxygen atoms in total. The summed E-state index contributed by atoms with van der Waals surface area (Å²) in [4.78, 5) is 10.5. The van der Waals surface area contributed by atoms with Crippen LogP contribution in [-0.2, 0) is 4.79 Å². The topological polar surface area (TPSA) is 107 Å². The van der Waals surface area contributed by atoms with Crippen LogP contribution in [0, 0.1) is 11.3 Å². The molecule has 1 aromatic rings. The zero-order valence-corrected chi connectivity index (χ0v) is 7.79. The van der Waals surface area contributed by atoms with E-state index in [1.165, 1.54) is 24.3 Å². The van der Waals surface area contributed by atoms with Crippen molar-refractivity contribution in [1.82, 2.24) is 0 Å². The summed E-state index contributed by atoms with van der Waals surface area (Å²) >= 11 is 0. The second kappa shape index (κ2) is 4.55. The second-order valence-electron chi connectivity index (χ2n) is 3.04. The summed E-state index contributed by atoms with van der Waals surface area (Å²) in [7, 11) is 0. The molecule has 0 radical (unpaired) electrons. The van der Waals surface area contributed by atoms with Gasteiger partial charge in [-0.05, 0) is 17.7 Å². The number of nitrogens with zero attached hydrogens (tertiary/aromatic N) is 1. The predicted molar refractivity (Wildman–Crippen MR) is 51.7 cm³/mol. The maximum Gasteiger partial charge on any atom is 0.323 e. The average molecular weight is 206 g/mol. The van der Waals surface area contributed by atoms with Crippen LogP contribution < -0.4 is 5.73 Å². The van der Waals surface area contributed by atoms with Crippen LogP contribution >= 0.6 is 0 Å². The average Bonchev–Trinajstić information content (AvgIpc) is 2.27. The van der Waals surface area contributed by atoms with Gasteiger partial charge in [0.15, 0.2) is 0 Å². The summed E-state index contributed by atoms with van der Waals surface area (Å²) in [6.07, 6.45) is -1.27. The quantitative estimate of drug-likeness (QED) is 0.645. The van der Waals surface area contributed by atoms with Crippen molar-refractivity contribution in [3.8, 4) is 6.07 Å². The number of nitriles is 1. The minimum Gasteiger partial charge on any atom is -0.480 e. The molecule has 2 atom stereocenters. The van der Waals surface area contributed by atoms with Gasteiger partial charge < -0.3 is 15.9 Å². The first-order valence-electron chi connectivity index (χ1n) is 4.22. The maximum atomic E-state index is 10.5. The highest BCUT2D eigenvalue weighted by molar-refractivity contribution is 5.74. The van der Waals surface area contributed by atoms with Crippen molar-refractivity contribution in [3.05, 3.63) is 35.4 Å². The fraction of sp³-hybridized carbons (Fsp3) is 0.200. The van der Waals surface area contributed by atoms with E-state index in [-0.39, 0.29) is 0 Å². The number of carboxylic acid groups (broad SMARTS) is 1. The Hall–Kier alpha value is -1.90. The third kappa shape index (κ3) is 2.53. The van der Waals surface area contributed by atoms with E-state index in [2.05, 4.69) is 0 Å². The summed E-state index contributed by atoms with van der Waals surface area (Å²) in [5.74, 6) is -1.27. The fourth-order valence-electron chi connectivity index (χ4n) is 1.10. The first-order chi connectivity index (χ1) is 7.06. The van der Waals surface area contributed by atoms with Crippen LogP contribution in [0.2, 0.25) is 0 Å². The highest BCUT2D eigenvalue weighted by atomic mass is 16.4. The van der Waals surface area contributed by atoms with Gasteiger partial charge in [0.2, 0.25) is 0 Å². The molecule has 15 heavy (non-hydrogen) atoms. The Kier molecular flexibility index (Phi) is 3.39. The zero-order valence-electron chi connectivity index (χ0n) is 7.79.